The molecule has 3 heteroatoms. The molecule has 0 radical (unpaired) electrons. The smallest absolute Gasteiger partial charge is 0.251 e. The standard InChI is InChI=1S/C24H36N2O.H2/c1-5-19(6-2)25-23(27)21-17-24(22-10-8-7-9-20(21)22)12-15-26(16-13-24)14-11-18(3)4;/h7-10,17-19H,5-6,11-16H2,1-4H3,(H,25,27);1H. The summed E-state index contributed by atoms with van der Waals surface area (Å²) >= 11 is 0. The van der Waals surface area contributed by atoms with E-state index in [0.29, 0.717) is 0 Å². The zero-order valence-electron chi connectivity index (χ0n) is 17.6. The topological polar surface area (TPSA) is 32.3 Å². The first-order valence-electron chi connectivity index (χ1n) is 10.8. The number of piperidine rings is 1. The fourth-order valence-corrected chi connectivity index (χ4v) is 4.56. The number of carbonyl (C=O) groups excluding carboxylic acids is 1. The lowest BCUT2D eigenvalue weighted by atomic mass is 9.74. The minimum atomic E-state index is 0. The predicted octanol–water partition coefficient (Wildman–Crippen LogP) is 5.01. The van der Waals surface area contributed by atoms with Gasteiger partial charge in [0, 0.05) is 18.5 Å². The Morgan fingerprint density at radius 1 is 1.19 bits per heavy atom. The molecule has 0 atom stereocenters. The highest BCUT2D eigenvalue weighted by atomic mass is 16.1. The van der Waals surface area contributed by atoms with Crippen LogP contribution in [0.3, 0.4) is 0 Å². The summed E-state index contributed by atoms with van der Waals surface area (Å²) in [6.07, 6.45) is 7.76. The van der Waals surface area contributed by atoms with E-state index >= 15 is 0 Å². The summed E-state index contributed by atoms with van der Waals surface area (Å²) in [6.45, 7) is 12.3. The molecule has 1 aliphatic heterocycles. The molecule has 1 aromatic rings. The van der Waals surface area contributed by atoms with Crippen molar-refractivity contribution in [3.05, 3.63) is 41.5 Å². The first kappa shape index (κ1) is 20.1. The van der Waals surface area contributed by atoms with Gasteiger partial charge in [0.05, 0.1) is 0 Å². The van der Waals surface area contributed by atoms with Gasteiger partial charge in [-0.1, -0.05) is 58.0 Å². The van der Waals surface area contributed by atoms with Gasteiger partial charge in [-0.3, -0.25) is 4.79 Å². The number of nitrogens with one attached hydrogen (secondary N) is 1. The molecule has 3 nitrogen and oxygen atoms in total. The molecule has 2 aliphatic rings. The number of hydrogen-bond acceptors (Lipinski definition) is 2. The molecule has 1 heterocycles. The minimum Gasteiger partial charge on any atom is -0.349 e. The molecule has 1 spiro atoms. The summed E-state index contributed by atoms with van der Waals surface area (Å²) in [7, 11) is 0. The predicted molar refractivity (Wildman–Crippen MR) is 116 cm³/mol. The molecule has 0 aromatic heterocycles. The van der Waals surface area contributed by atoms with E-state index < -0.39 is 0 Å². The number of benzene rings is 1. The molecule has 1 saturated heterocycles. The van der Waals surface area contributed by atoms with Gasteiger partial charge < -0.3 is 10.2 Å². The molecule has 27 heavy (non-hydrogen) atoms. The van der Waals surface area contributed by atoms with E-state index in [1.807, 2.05) is 0 Å². The van der Waals surface area contributed by atoms with Crippen molar-refractivity contribution in [3.8, 4) is 0 Å². The maximum absolute atomic E-state index is 13.0. The van der Waals surface area contributed by atoms with Crippen LogP contribution in [0.1, 0.15) is 72.4 Å². The third kappa shape index (κ3) is 4.29. The van der Waals surface area contributed by atoms with Gasteiger partial charge in [-0.15, -0.1) is 0 Å². The van der Waals surface area contributed by atoms with Crippen LogP contribution in [-0.2, 0) is 10.2 Å². The molecule has 1 fully saturated rings. The second kappa shape index (κ2) is 8.60. The number of likely N-dealkylation sites (tertiary alicyclic amines) is 1. The van der Waals surface area contributed by atoms with Crippen molar-refractivity contribution in [3.63, 3.8) is 0 Å². The Balaban J connectivity index is 0.00000280. The van der Waals surface area contributed by atoms with Crippen LogP contribution in [0.2, 0.25) is 0 Å². The number of hydrogen-bond donors (Lipinski definition) is 1. The monoisotopic (exact) mass is 370 g/mol. The second-order valence-corrected chi connectivity index (χ2v) is 8.77. The summed E-state index contributed by atoms with van der Waals surface area (Å²) in [4.78, 5) is 15.6. The van der Waals surface area contributed by atoms with Gasteiger partial charge in [0.2, 0.25) is 0 Å². The lowest BCUT2D eigenvalue weighted by Gasteiger charge is -2.39. The van der Waals surface area contributed by atoms with Gasteiger partial charge in [-0.2, -0.15) is 0 Å². The molecule has 1 amide bonds. The van der Waals surface area contributed by atoms with Crippen LogP contribution < -0.4 is 5.32 Å². The maximum Gasteiger partial charge on any atom is 0.251 e. The number of amides is 1. The highest BCUT2D eigenvalue weighted by Gasteiger charge is 2.41. The Morgan fingerprint density at radius 2 is 1.85 bits per heavy atom. The average Bonchev–Trinajstić information content (AvgIpc) is 3.00. The van der Waals surface area contributed by atoms with Crippen molar-refractivity contribution in [2.75, 3.05) is 19.6 Å². The highest BCUT2D eigenvalue weighted by molar-refractivity contribution is 6.21. The molecule has 0 bridgehead atoms. The van der Waals surface area contributed by atoms with E-state index in [2.05, 4.69) is 68.3 Å². The van der Waals surface area contributed by atoms with Gasteiger partial charge in [0.15, 0.2) is 0 Å². The third-order valence-electron chi connectivity index (χ3n) is 6.51. The zero-order valence-corrected chi connectivity index (χ0v) is 17.6. The van der Waals surface area contributed by atoms with Crippen LogP contribution in [0, 0.1) is 5.92 Å². The Morgan fingerprint density at radius 3 is 2.48 bits per heavy atom. The number of carbonyl (C=O) groups is 1. The number of nitrogens with zero attached hydrogens (tertiary/aromatic N) is 1. The fourth-order valence-electron chi connectivity index (χ4n) is 4.56. The van der Waals surface area contributed by atoms with E-state index in [1.165, 1.54) is 18.5 Å². The Kier molecular flexibility index (Phi) is 6.41. The van der Waals surface area contributed by atoms with Crippen molar-refractivity contribution < 1.29 is 6.22 Å². The number of rotatable bonds is 7. The minimum absolute atomic E-state index is 0. The van der Waals surface area contributed by atoms with Gasteiger partial charge in [0.1, 0.15) is 0 Å². The van der Waals surface area contributed by atoms with Gasteiger partial charge in [-0.05, 0) is 68.8 Å². The largest absolute Gasteiger partial charge is 0.349 e. The van der Waals surface area contributed by atoms with E-state index in [-0.39, 0.29) is 18.8 Å². The number of fused-ring (bicyclic) bond motifs is 2. The van der Waals surface area contributed by atoms with Crippen LogP contribution in [0.5, 0.6) is 0 Å². The number of allylic oxidation sites excluding steroid dienone is 1. The summed E-state index contributed by atoms with van der Waals surface area (Å²) in [6, 6.07) is 8.83. The van der Waals surface area contributed by atoms with Crippen molar-refractivity contribution in [2.45, 2.75) is 71.3 Å². The zero-order chi connectivity index (χ0) is 19.4. The average molecular weight is 371 g/mol. The highest BCUT2D eigenvalue weighted by Crippen LogP contribution is 2.47. The van der Waals surface area contributed by atoms with E-state index in [4.69, 9.17) is 0 Å². The molecule has 1 aliphatic carbocycles. The summed E-state index contributed by atoms with van der Waals surface area (Å²) in [5.74, 6) is 0.864. The van der Waals surface area contributed by atoms with Crippen LogP contribution in [-0.4, -0.2) is 36.5 Å². The maximum atomic E-state index is 13.0. The van der Waals surface area contributed by atoms with E-state index in [0.717, 1.165) is 55.8 Å². The quantitative estimate of drug-likeness (QED) is 0.731. The second-order valence-electron chi connectivity index (χ2n) is 8.77. The lowest BCUT2D eigenvalue weighted by molar-refractivity contribution is -0.116. The first-order chi connectivity index (χ1) is 13.0. The summed E-state index contributed by atoms with van der Waals surface area (Å²) < 4.78 is 0. The first-order valence-corrected chi connectivity index (χ1v) is 10.8. The van der Waals surface area contributed by atoms with Crippen molar-refractivity contribution in [1.82, 2.24) is 10.2 Å². The van der Waals surface area contributed by atoms with Gasteiger partial charge in [-0.25, -0.2) is 0 Å². The SMILES string of the molecule is CCC(CC)NC(=O)C1=CC2(CCN(CCC(C)C)CC2)c2ccccc21.[HH]. The van der Waals surface area contributed by atoms with Crippen molar-refractivity contribution in [1.29, 1.82) is 0 Å². The van der Waals surface area contributed by atoms with Crippen molar-refractivity contribution in [2.24, 2.45) is 5.92 Å². The molecule has 0 unspecified atom stereocenters. The molecule has 1 N–H and O–H groups in total. The molecule has 3 rings (SSSR count). The molecule has 1 aromatic carbocycles. The van der Waals surface area contributed by atoms with Gasteiger partial charge >= 0.3 is 0 Å². The van der Waals surface area contributed by atoms with Crippen LogP contribution >= 0.6 is 0 Å². The molecule has 150 valence electrons. The molecular formula is C24H38N2O. The summed E-state index contributed by atoms with van der Waals surface area (Å²) in [5.41, 5.74) is 3.46. The molecular weight excluding hydrogens is 332 g/mol. The molecule has 0 saturated carbocycles. The third-order valence-corrected chi connectivity index (χ3v) is 6.51. The van der Waals surface area contributed by atoms with Gasteiger partial charge in [0.25, 0.3) is 5.91 Å². The van der Waals surface area contributed by atoms with Crippen molar-refractivity contribution >= 4 is 11.5 Å². The Hall–Kier alpha value is -1.61. The summed E-state index contributed by atoms with van der Waals surface area (Å²) in [5, 5.41) is 3.25. The Bertz CT molecular complexity index is 686. The fraction of sp³-hybridized carbons (Fsp3) is 0.625. The van der Waals surface area contributed by atoms with E-state index in [1.54, 1.807) is 0 Å². The Labute approximate surface area is 166 Å². The van der Waals surface area contributed by atoms with Crippen LogP contribution in [0.15, 0.2) is 30.3 Å². The normalized spacial score (nSPS) is 18.8. The van der Waals surface area contributed by atoms with E-state index in [9.17, 15) is 4.79 Å². The van der Waals surface area contributed by atoms with Crippen LogP contribution in [0.4, 0.5) is 0 Å². The lowest BCUT2D eigenvalue weighted by Crippen LogP contribution is -2.41. The van der Waals surface area contributed by atoms with Crippen LogP contribution in [0.25, 0.3) is 5.57 Å².